The molecule has 1 aliphatic carbocycles. The first kappa shape index (κ1) is 18.9. The lowest BCUT2D eigenvalue weighted by Gasteiger charge is -2.43. The monoisotopic (exact) mass is 397 g/mol. The van der Waals surface area contributed by atoms with Crippen molar-refractivity contribution in [1.29, 1.82) is 0 Å². The second-order valence-electron chi connectivity index (χ2n) is 8.29. The fourth-order valence-corrected chi connectivity index (χ4v) is 4.43. The molecule has 0 aromatic heterocycles. The standard InChI is InChI=1S/C23H21ClFNO2/c1-23(2)12-19-22(20(27)13-23)16(14-7-9-15(24)10-8-14)11-21(28)26(19)18-6-4-3-5-17(18)25/h3-10,16H,11-13H2,1-2H3/t16-/m0/s1. The average molecular weight is 398 g/mol. The minimum Gasteiger partial charge on any atom is -0.294 e. The topological polar surface area (TPSA) is 37.4 Å². The van der Waals surface area contributed by atoms with Crippen molar-refractivity contribution in [3.63, 3.8) is 0 Å². The molecule has 1 amide bonds. The van der Waals surface area contributed by atoms with E-state index in [1.165, 1.54) is 11.0 Å². The second kappa shape index (κ2) is 6.85. The molecule has 0 saturated carbocycles. The highest BCUT2D eigenvalue weighted by atomic mass is 35.5. The van der Waals surface area contributed by atoms with Crippen LogP contribution >= 0.6 is 11.6 Å². The number of hydrogen-bond acceptors (Lipinski definition) is 2. The summed E-state index contributed by atoms with van der Waals surface area (Å²) in [7, 11) is 0. The summed E-state index contributed by atoms with van der Waals surface area (Å²) in [4.78, 5) is 27.7. The number of para-hydroxylation sites is 1. The molecule has 2 aromatic rings. The Kier molecular flexibility index (Phi) is 4.62. The Morgan fingerprint density at radius 2 is 1.71 bits per heavy atom. The zero-order valence-electron chi connectivity index (χ0n) is 15.8. The highest BCUT2D eigenvalue weighted by Gasteiger charge is 2.44. The molecule has 0 bridgehead atoms. The second-order valence-corrected chi connectivity index (χ2v) is 8.73. The lowest BCUT2D eigenvalue weighted by Crippen LogP contribution is -2.44. The maximum Gasteiger partial charge on any atom is 0.232 e. The molecule has 0 fully saturated rings. The number of Topliss-reactive ketones (excluding diaryl/α,β-unsaturated/α-hetero) is 1. The van der Waals surface area contributed by atoms with Gasteiger partial charge >= 0.3 is 0 Å². The van der Waals surface area contributed by atoms with E-state index in [4.69, 9.17) is 11.6 Å². The first-order valence-electron chi connectivity index (χ1n) is 9.36. The lowest BCUT2D eigenvalue weighted by atomic mass is 9.69. The summed E-state index contributed by atoms with van der Waals surface area (Å²) in [5.74, 6) is -0.968. The normalized spacial score (nSPS) is 21.7. The Morgan fingerprint density at radius 3 is 2.39 bits per heavy atom. The van der Waals surface area contributed by atoms with Crippen LogP contribution < -0.4 is 4.90 Å². The first-order chi connectivity index (χ1) is 13.3. The molecule has 0 saturated heterocycles. The molecule has 144 valence electrons. The van der Waals surface area contributed by atoms with Crippen LogP contribution in [0.15, 0.2) is 59.8 Å². The van der Waals surface area contributed by atoms with Gasteiger partial charge in [-0.05, 0) is 41.7 Å². The van der Waals surface area contributed by atoms with Gasteiger partial charge in [-0.2, -0.15) is 0 Å². The van der Waals surface area contributed by atoms with Crippen molar-refractivity contribution in [3.05, 3.63) is 76.2 Å². The molecule has 1 heterocycles. The van der Waals surface area contributed by atoms with Gasteiger partial charge in [0.1, 0.15) is 5.82 Å². The maximum atomic E-state index is 14.5. The number of nitrogens with zero attached hydrogens (tertiary/aromatic N) is 1. The number of allylic oxidation sites excluding steroid dienone is 2. The molecule has 0 spiro atoms. The van der Waals surface area contributed by atoms with Crippen molar-refractivity contribution >= 4 is 29.0 Å². The quantitative estimate of drug-likeness (QED) is 0.657. The number of anilines is 1. The molecular weight excluding hydrogens is 377 g/mol. The Labute approximate surface area is 168 Å². The SMILES string of the molecule is CC1(C)CC(=O)C2=C(C1)N(c1ccccc1F)C(=O)C[C@H]2c1ccc(Cl)cc1. The fraction of sp³-hybridized carbons (Fsp3) is 0.304. The molecule has 2 aliphatic rings. The summed E-state index contributed by atoms with van der Waals surface area (Å²) >= 11 is 6.01. The van der Waals surface area contributed by atoms with E-state index in [0.717, 1.165) is 5.56 Å². The summed E-state index contributed by atoms with van der Waals surface area (Å²) in [6.45, 7) is 4.01. The smallest absolute Gasteiger partial charge is 0.232 e. The van der Waals surface area contributed by atoms with E-state index in [9.17, 15) is 14.0 Å². The van der Waals surface area contributed by atoms with Crippen LogP contribution in [0, 0.1) is 11.2 Å². The van der Waals surface area contributed by atoms with Crippen molar-refractivity contribution < 1.29 is 14.0 Å². The number of benzene rings is 2. The maximum absolute atomic E-state index is 14.5. The molecule has 1 atom stereocenters. The summed E-state index contributed by atoms with van der Waals surface area (Å²) in [6, 6.07) is 13.5. The van der Waals surface area contributed by atoms with Crippen LogP contribution in [-0.4, -0.2) is 11.7 Å². The number of rotatable bonds is 2. The minimum absolute atomic E-state index is 0.0278. The Hall–Kier alpha value is -2.46. The molecule has 2 aromatic carbocycles. The van der Waals surface area contributed by atoms with E-state index in [0.29, 0.717) is 29.1 Å². The predicted molar refractivity (Wildman–Crippen MR) is 108 cm³/mol. The van der Waals surface area contributed by atoms with Crippen LogP contribution in [0.25, 0.3) is 0 Å². The Bertz CT molecular complexity index is 994. The fourth-order valence-electron chi connectivity index (χ4n) is 4.31. The number of carbonyl (C=O) groups is 2. The zero-order valence-corrected chi connectivity index (χ0v) is 16.6. The van der Waals surface area contributed by atoms with E-state index in [1.54, 1.807) is 30.3 Å². The van der Waals surface area contributed by atoms with Gasteiger partial charge in [-0.25, -0.2) is 4.39 Å². The molecular formula is C23H21ClFNO2. The number of hydrogen-bond donors (Lipinski definition) is 0. The van der Waals surface area contributed by atoms with Crippen LogP contribution in [0.3, 0.4) is 0 Å². The molecule has 4 rings (SSSR count). The van der Waals surface area contributed by atoms with E-state index in [-0.39, 0.29) is 35.1 Å². The van der Waals surface area contributed by atoms with Crippen molar-refractivity contribution in [3.8, 4) is 0 Å². The third-order valence-electron chi connectivity index (χ3n) is 5.51. The minimum atomic E-state index is -0.469. The van der Waals surface area contributed by atoms with Crippen molar-refractivity contribution in [2.75, 3.05) is 4.90 Å². The van der Waals surface area contributed by atoms with Crippen LogP contribution in [0.1, 0.15) is 44.6 Å². The zero-order chi connectivity index (χ0) is 20.1. The van der Waals surface area contributed by atoms with E-state index in [1.807, 2.05) is 26.0 Å². The van der Waals surface area contributed by atoms with Crippen LogP contribution in [-0.2, 0) is 9.59 Å². The van der Waals surface area contributed by atoms with Gasteiger partial charge in [0.15, 0.2) is 5.78 Å². The molecule has 1 aliphatic heterocycles. The van der Waals surface area contributed by atoms with Gasteiger partial charge < -0.3 is 0 Å². The molecule has 3 nitrogen and oxygen atoms in total. The molecule has 5 heteroatoms. The van der Waals surface area contributed by atoms with Gasteiger partial charge in [-0.3, -0.25) is 14.5 Å². The number of carbonyl (C=O) groups excluding carboxylic acids is 2. The Morgan fingerprint density at radius 1 is 1.04 bits per heavy atom. The number of halogens is 2. The van der Waals surface area contributed by atoms with Gasteiger partial charge in [0.25, 0.3) is 0 Å². The molecule has 28 heavy (non-hydrogen) atoms. The number of ketones is 1. The van der Waals surface area contributed by atoms with Gasteiger partial charge in [0.05, 0.1) is 5.69 Å². The molecule has 0 N–H and O–H groups in total. The first-order valence-corrected chi connectivity index (χ1v) is 9.74. The van der Waals surface area contributed by atoms with E-state index in [2.05, 4.69) is 0 Å². The van der Waals surface area contributed by atoms with E-state index < -0.39 is 5.82 Å². The summed E-state index contributed by atoms with van der Waals surface area (Å²) in [6.07, 6.45) is 1.08. The summed E-state index contributed by atoms with van der Waals surface area (Å²) in [5, 5.41) is 0.601. The third kappa shape index (κ3) is 3.26. The van der Waals surface area contributed by atoms with Crippen molar-refractivity contribution in [2.45, 2.75) is 39.0 Å². The van der Waals surface area contributed by atoms with Gasteiger partial charge in [0, 0.05) is 35.1 Å². The van der Waals surface area contributed by atoms with Crippen LogP contribution in [0.2, 0.25) is 5.02 Å². The Balaban J connectivity index is 1.91. The highest BCUT2D eigenvalue weighted by Crippen LogP contribution is 2.48. The average Bonchev–Trinajstić information content (AvgIpc) is 2.62. The lowest BCUT2D eigenvalue weighted by molar-refractivity contribution is -0.121. The van der Waals surface area contributed by atoms with Gasteiger partial charge in [-0.1, -0.05) is 49.7 Å². The molecule has 0 radical (unpaired) electrons. The van der Waals surface area contributed by atoms with Gasteiger partial charge in [0.2, 0.25) is 5.91 Å². The highest BCUT2D eigenvalue weighted by molar-refractivity contribution is 6.30. The third-order valence-corrected chi connectivity index (χ3v) is 5.76. The largest absolute Gasteiger partial charge is 0.294 e. The van der Waals surface area contributed by atoms with Crippen molar-refractivity contribution in [2.24, 2.45) is 5.41 Å². The summed E-state index contributed by atoms with van der Waals surface area (Å²) in [5.41, 5.74) is 2.06. The molecule has 0 unspecified atom stereocenters. The number of amides is 1. The predicted octanol–water partition coefficient (Wildman–Crippen LogP) is 5.64. The van der Waals surface area contributed by atoms with Crippen LogP contribution in [0.4, 0.5) is 10.1 Å². The van der Waals surface area contributed by atoms with Crippen molar-refractivity contribution in [1.82, 2.24) is 0 Å². The van der Waals surface area contributed by atoms with Gasteiger partial charge in [-0.15, -0.1) is 0 Å². The van der Waals surface area contributed by atoms with Crippen LogP contribution in [0.5, 0.6) is 0 Å². The van der Waals surface area contributed by atoms with E-state index >= 15 is 0 Å². The summed E-state index contributed by atoms with van der Waals surface area (Å²) < 4.78 is 14.5.